The SMILES string of the molecule is CC1CCCC1C(O)C1CC1. The lowest BCUT2D eigenvalue weighted by atomic mass is 9.90. The average molecular weight is 154 g/mol. The molecule has 2 aliphatic rings. The van der Waals surface area contributed by atoms with E-state index in [4.69, 9.17) is 0 Å². The number of aliphatic hydroxyl groups is 1. The minimum atomic E-state index is 0.0486. The summed E-state index contributed by atoms with van der Waals surface area (Å²) in [6.07, 6.45) is 6.57. The normalized spacial score (nSPS) is 40.9. The molecule has 2 aliphatic carbocycles. The molecule has 0 aliphatic heterocycles. The van der Waals surface area contributed by atoms with Crippen LogP contribution < -0.4 is 0 Å². The van der Waals surface area contributed by atoms with Gasteiger partial charge in [-0.1, -0.05) is 19.8 Å². The van der Waals surface area contributed by atoms with Crippen molar-refractivity contribution in [2.75, 3.05) is 0 Å². The Hall–Kier alpha value is -0.0400. The monoisotopic (exact) mass is 154 g/mol. The van der Waals surface area contributed by atoms with Gasteiger partial charge in [-0.05, 0) is 37.0 Å². The van der Waals surface area contributed by atoms with Gasteiger partial charge < -0.3 is 5.11 Å². The van der Waals surface area contributed by atoms with Crippen LogP contribution >= 0.6 is 0 Å². The Bertz CT molecular complexity index is 140. The van der Waals surface area contributed by atoms with Gasteiger partial charge >= 0.3 is 0 Å². The van der Waals surface area contributed by atoms with E-state index >= 15 is 0 Å². The molecular formula is C10H18O. The van der Waals surface area contributed by atoms with Crippen molar-refractivity contribution in [2.45, 2.75) is 45.1 Å². The largest absolute Gasteiger partial charge is 0.393 e. The molecule has 1 heteroatoms. The zero-order valence-corrected chi connectivity index (χ0v) is 7.29. The Labute approximate surface area is 68.8 Å². The lowest BCUT2D eigenvalue weighted by Crippen LogP contribution is -2.24. The van der Waals surface area contributed by atoms with Gasteiger partial charge in [-0.25, -0.2) is 0 Å². The Balaban J connectivity index is 1.91. The second kappa shape index (κ2) is 2.78. The minimum absolute atomic E-state index is 0.0486. The first-order valence-electron chi connectivity index (χ1n) is 4.97. The molecule has 0 aromatic heterocycles. The third kappa shape index (κ3) is 1.44. The van der Waals surface area contributed by atoms with Crippen LogP contribution in [-0.4, -0.2) is 11.2 Å². The summed E-state index contributed by atoms with van der Waals surface area (Å²) in [6, 6.07) is 0. The minimum Gasteiger partial charge on any atom is -0.393 e. The molecule has 2 saturated carbocycles. The van der Waals surface area contributed by atoms with Crippen LogP contribution in [0.2, 0.25) is 0 Å². The highest BCUT2D eigenvalue weighted by molar-refractivity contribution is 4.89. The second-order valence-corrected chi connectivity index (χ2v) is 4.40. The fraction of sp³-hybridized carbons (Fsp3) is 1.00. The maximum atomic E-state index is 9.86. The molecule has 0 aromatic carbocycles. The smallest absolute Gasteiger partial charge is 0.0599 e. The Morgan fingerprint density at radius 1 is 1.18 bits per heavy atom. The first-order chi connectivity index (χ1) is 5.29. The van der Waals surface area contributed by atoms with E-state index in [9.17, 15) is 5.11 Å². The average Bonchev–Trinajstić information content (AvgIpc) is 2.74. The van der Waals surface area contributed by atoms with Crippen LogP contribution in [0.1, 0.15) is 39.0 Å². The number of hydrogen-bond donors (Lipinski definition) is 1. The zero-order chi connectivity index (χ0) is 7.84. The maximum absolute atomic E-state index is 9.86. The van der Waals surface area contributed by atoms with Crippen LogP contribution in [0.3, 0.4) is 0 Å². The highest BCUT2D eigenvalue weighted by atomic mass is 16.3. The fourth-order valence-electron chi connectivity index (χ4n) is 2.47. The summed E-state index contributed by atoms with van der Waals surface area (Å²) < 4.78 is 0. The van der Waals surface area contributed by atoms with Gasteiger partial charge in [0, 0.05) is 0 Å². The van der Waals surface area contributed by atoms with Gasteiger partial charge in [0.25, 0.3) is 0 Å². The topological polar surface area (TPSA) is 20.2 Å². The molecule has 1 N–H and O–H groups in total. The van der Waals surface area contributed by atoms with Crippen molar-refractivity contribution >= 4 is 0 Å². The highest BCUT2D eigenvalue weighted by Gasteiger charge is 2.38. The van der Waals surface area contributed by atoms with Crippen molar-refractivity contribution in [3.63, 3.8) is 0 Å². The molecule has 0 aromatic rings. The molecule has 0 spiro atoms. The van der Waals surface area contributed by atoms with Gasteiger partial charge in [0.05, 0.1) is 6.10 Å². The van der Waals surface area contributed by atoms with Crippen molar-refractivity contribution in [2.24, 2.45) is 17.8 Å². The van der Waals surface area contributed by atoms with E-state index in [0.717, 1.165) is 5.92 Å². The van der Waals surface area contributed by atoms with Crippen molar-refractivity contribution in [1.29, 1.82) is 0 Å². The van der Waals surface area contributed by atoms with Gasteiger partial charge in [0.15, 0.2) is 0 Å². The van der Waals surface area contributed by atoms with E-state index < -0.39 is 0 Å². The van der Waals surface area contributed by atoms with Gasteiger partial charge in [-0.2, -0.15) is 0 Å². The molecule has 0 radical (unpaired) electrons. The maximum Gasteiger partial charge on any atom is 0.0599 e. The van der Waals surface area contributed by atoms with Crippen LogP contribution in [0.5, 0.6) is 0 Å². The Kier molecular flexibility index (Phi) is 1.92. The zero-order valence-electron chi connectivity index (χ0n) is 7.29. The Morgan fingerprint density at radius 3 is 2.36 bits per heavy atom. The van der Waals surface area contributed by atoms with Gasteiger partial charge in [0.1, 0.15) is 0 Å². The van der Waals surface area contributed by atoms with E-state index in [1.165, 1.54) is 32.1 Å². The van der Waals surface area contributed by atoms with Gasteiger partial charge in [-0.3, -0.25) is 0 Å². The van der Waals surface area contributed by atoms with Crippen LogP contribution in [0.4, 0.5) is 0 Å². The molecule has 0 bridgehead atoms. The first kappa shape index (κ1) is 7.60. The summed E-state index contributed by atoms with van der Waals surface area (Å²) in [5.41, 5.74) is 0. The van der Waals surface area contributed by atoms with Gasteiger partial charge in [0.2, 0.25) is 0 Å². The molecule has 11 heavy (non-hydrogen) atoms. The Morgan fingerprint density at radius 2 is 1.91 bits per heavy atom. The summed E-state index contributed by atoms with van der Waals surface area (Å²) in [7, 11) is 0. The second-order valence-electron chi connectivity index (χ2n) is 4.40. The predicted octanol–water partition coefficient (Wildman–Crippen LogP) is 2.19. The molecular weight excluding hydrogens is 136 g/mol. The van der Waals surface area contributed by atoms with Crippen LogP contribution in [0.25, 0.3) is 0 Å². The molecule has 64 valence electrons. The van der Waals surface area contributed by atoms with E-state index in [-0.39, 0.29) is 6.10 Å². The van der Waals surface area contributed by atoms with Crippen LogP contribution in [0.15, 0.2) is 0 Å². The van der Waals surface area contributed by atoms with E-state index in [2.05, 4.69) is 6.92 Å². The van der Waals surface area contributed by atoms with Gasteiger partial charge in [-0.15, -0.1) is 0 Å². The summed E-state index contributed by atoms with van der Waals surface area (Å²) in [5, 5.41) is 9.86. The summed E-state index contributed by atoms with van der Waals surface area (Å²) in [4.78, 5) is 0. The standard InChI is InChI=1S/C10H18O/c1-7-3-2-4-9(7)10(11)8-5-6-8/h7-11H,2-6H2,1H3. The lowest BCUT2D eigenvalue weighted by Gasteiger charge is -2.21. The van der Waals surface area contributed by atoms with Crippen molar-refractivity contribution in [1.82, 2.24) is 0 Å². The molecule has 0 heterocycles. The van der Waals surface area contributed by atoms with Crippen LogP contribution in [0, 0.1) is 17.8 Å². The molecule has 0 saturated heterocycles. The number of hydrogen-bond acceptors (Lipinski definition) is 1. The molecule has 3 atom stereocenters. The van der Waals surface area contributed by atoms with E-state index in [1.54, 1.807) is 0 Å². The first-order valence-corrected chi connectivity index (χ1v) is 4.97. The van der Waals surface area contributed by atoms with Crippen molar-refractivity contribution in [3.8, 4) is 0 Å². The van der Waals surface area contributed by atoms with Crippen molar-refractivity contribution in [3.05, 3.63) is 0 Å². The third-order valence-corrected chi connectivity index (χ3v) is 3.47. The highest BCUT2D eigenvalue weighted by Crippen LogP contribution is 2.43. The molecule has 2 rings (SSSR count). The van der Waals surface area contributed by atoms with Crippen molar-refractivity contribution < 1.29 is 5.11 Å². The summed E-state index contributed by atoms with van der Waals surface area (Å²) >= 11 is 0. The fourth-order valence-corrected chi connectivity index (χ4v) is 2.47. The molecule has 3 unspecified atom stereocenters. The molecule has 2 fully saturated rings. The quantitative estimate of drug-likeness (QED) is 0.646. The lowest BCUT2D eigenvalue weighted by molar-refractivity contribution is 0.0703. The molecule has 0 amide bonds. The number of aliphatic hydroxyl groups excluding tert-OH is 1. The summed E-state index contributed by atoms with van der Waals surface area (Å²) in [6.45, 7) is 2.29. The third-order valence-electron chi connectivity index (χ3n) is 3.47. The molecule has 1 nitrogen and oxygen atoms in total. The van der Waals surface area contributed by atoms with E-state index in [0.29, 0.717) is 11.8 Å². The van der Waals surface area contributed by atoms with Crippen LogP contribution in [-0.2, 0) is 0 Å². The van der Waals surface area contributed by atoms with E-state index in [1.807, 2.05) is 0 Å². The summed E-state index contributed by atoms with van der Waals surface area (Å²) in [5.74, 6) is 2.11. The number of rotatable bonds is 2. The predicted molar refractivity (Wildman–Crippen MR) is 45.2 cm³/mol.